The second-order valence-corrected chi connectivity index (χ2v) is 4.43. The van der Waals surface area contributed by atoms with Crippen LogP contribution >= 0.6 is 0 Å². The molecule has 0 aliphatic carbocycles. The first-order chi connectivity index (χ1) is 7.20. The zero-order valence-corrected chi connectivity index (χ0v) is 10.3. The minimum Gasteiger partial charge on any atom is -0.396 e. The quantitative estimate of drug-likeness (QED) is 0.449. The molecule has 0 radical (unpaired) electrons. The van der Waals surface area contributed by atoms with E-state index in [1.807, 2.05) is 6.08 Å². The molecule has 0 heterocycles. The lowest BCUT2D eigenvalue weighted by Crippen LogP contribution is -1.97. The summed E-state index contributed by atoms with van der Waals surface area (Å²) in [5.74, 6) is 0.646. The normalized spacial score (nSPS) is 13.9. The van der Waals surface area contributed by atoms with E-state index in [1.54, 1.807) is 0 Å². The Morgan fingerprint density at radius 3 is 2.67 bits per heavy atom. The van der Waals surface area contributed by atoms with Crippen LogP contribution in [-0.2, 0) is 0 Å². The first kappa shape index (κ1) is 14.4. The first-order valence-electron chi connectivity index (χ1n) is 6.08. The van der Waals surface area contributed by atoms with Crippen molar-refractivity contribution in [2.45, 2.75) is 52.4 Å². The smallest absolute Gasteiger partial charge is 0.0433 e. The van der Waals surface area contributed by atoms with Crippen molar-refractivity contribution in [1.82, 2.24) is 0 Å². The van der Waals surface area contributed by atoms with E-state index in [0.717, 1.165) is 19.3 Å². The Balaban J connectivity index is 3.52. The Labute approximate surface area is 94.9 Å². The number of hydrogen-bond acceptors (Lipinski definition) is 1. The lowest BCUT2D eigenvalue weighted by atomic mass is 10.0. The van der Waals surface area contributed by atoms with Crippen LogP contribution < -0.4 is 0 Å². The molecule has 0 amide bonds. The van der Waals surface area contributed by atoms with Gasteiger partial charge in [-0.2, -0.15) is 0 Å². The van der Waals surface area contributed by atoms with Crippen LogP contribution in [0.25, 0.3) is 0 Å². The molecule has 1 atom stereocenters. The van der Waals surface area contributed by atoms with Crippen molar-refractivity contribution in [3.8, 4) is 0 Å². The van der Waals surface area contributed by atoms with Gasteiger partial charge < -0.3 is 5.11 Å². The van der Waals surface area contributed by atoms with Crippen LogP contribution in [0.4, 0.5) is 0 Å². The van der Waals surface area contributed by atoms with Crippen molar-refractivity contribution in [2.75, 3.05) is 6.61 Å². The molecule has 1 heteroatoms. The van der Waals surface area contributed by atoms with Gasteiger partial charge in [-0.1, -0.05) is 24.6 Å². The molecule has 1 nitrogen and oxygen atoms in total. The van der Waals surface area contributed by atoms with Crippen molar-refractivity contribution < 1.29 is 5.11 Å². The fraction of sp³-hybridized carbons (Fsp3) is 0.714. The Morgan fingerprint density at radius 2 is 2.07 bits per heavy atom. The van der Waals surface area contributed by atoms with Gasteiger partial charge in [0.15, 0.2) is 0 Å². The molecule has 88 valence electrons. The van der Waals surface area contributed by atoms with Gasteiger partial charge in [0.1, 0.15) is 0 Å². The van der Waals surface area contributed by atoms with Crippen LogP contribution in [0.2, 0.25) is 0 Å². The maximum absolute atomic E-state index is 8.76. The topological polar surface area (TPSA) is 20.2 Å². The third kappa shape index (κ3) is 9.74. The van der Waals surface area contributed by atoms with Gasteiger partial charge in [0, 0.05) is 6.61 Å². The third-order valence-electron chi connectivity index (χ3n) is 2.75. The van der Waals surface area contributed by atoms with E-state index in [-0.39, 0.29) is 0 Å². The van der Waals surface area contributed by atoms with Gasteiger partial charge in [-0.3, -0.25) is 0 Å². The van der Waals surface area contributed by atoms with Crippen molar-refractivity contribution in [1.29, 1.82) is 0 Å². The van der Waals surface area contributed by atoms with Crippen LogP contribution in [0.5, 0.6) is 0 Å². The van der Waals surface area contributed by atoms with Crippen molar-refractivity contribution in [3.63, 3.8) is 0 Å². The Bertz CT molecular complexity index is 182. The first-order valence-corrected chi connectivity index (χ1v) is 6.08. The number of aliphatic hydroxyl groups excluding tert-OH is 1. The number of hydrogen-bond donors (Lipinski definition) is 1. The van der Waals surface area contributed by atoms with E-state index in [1.165, 1.54) is 24.8 Å². The van der Waals surface area contributed by atoms with E-state index in [4.69, 9.17) is 5.11 Å². The fourth-order valence-corrected chi connectivity index (χ4v) is 1.61. The highest BCUT2D eigenvalue weighted by Gasteiger charge is 1.99. The molecule has 1 unspecified atom stereocenters. The minimum absolute atomic E-state index is 0.323. The number of rotatable bonds is 9. The van der Waals surface area contributed by atoms with Crippen molar-refractivity contribution in [3.05, 3.63) is 24.3 Å². The van der Waals surface area contributed by atoms with Crippen LogP contribution in [0.15, 0.2) is 24.3 Å². The molecule has 0 bridgehead atoms. The second-order valence-electron chi connectivity index (χ2n) is 4.43. The summed E-state index contributed by atoms with van der Waals surface area (Å²) in [6.07, 6.45) is 11.1. The lowest BCUT2D eigenvalue weighted by molar-refractivity contribution is 0.259. The van der Waals surface area contributed by atoms with Crippen LogP contribution in [0.1, 0.15) is 52.4 Å². The van der Waals surface area contributed by atoms with Gasteiger partial charge in [-0.15, -0.1) is 6.58 Å². The molecule has 0 aromatic carbocycles. The highest BCUT2D eigenvalue weighted by molar-refractivity contribution is 4.98. The van der Waals surface area contributed by atoms with Crippen molar-refractivity contribution in [2.24, 2.45) is 5.92 Å². The summed E-state index contributed by atoms with van der Waals surface area (Å²) in [5, 5.41) is 8.76. The average Bonchev–Trinajstić information content (AvgIpc) is 2.18. The molecule has 15 heavy (non-hydrogen) atoms. The Kier molecular flexibility index (Phi) is 9.60. The summed E-state index contributed by atoms with van der Waals surface area (Å²) in [6.45, 7) is 8.46. The molecule has 0 rings (SSSR count). The predicted molar refractivity (Wildman–Crippen MR) is 67.9 cm³/mol. The van der Waals surface area contributed by atoms with Gasteiger partial charge in [0.05, 0.1) is 0 Å². The van der Waals surface area contributed by atoms with E-state index < -0.39 is 0 Å². The van der Waals surface area contributed by atoms with E-state index in [0.29, 0.717) is 12.5 Å². The van der Waals surface area contributed by atoms with Crippen molar-refractivity contribution >= 4 is 0 Å². The highest BCUT2D eigenvalue weighted by Crippen LogP contribution is 2.13. The monoisotopic (exact) mass is 210 g/mol. The summed E-state index contributed by atoms with van der Waals surface area (Å²) < 4.78 is 0. The molecule has 0 saturated carbocycles. The van der Waals surface area contributed by atoms with Gasteiger partial charge in [-0.05, 0) is 51.4 Å². The van der Waals surface area contributed by atoms with Gasteiger partial charge >= 0.3 is 0 Å². The second kappa shape index (κ2) is 9.97. The molecule has 0 aromatic rings. The van der Waals surface area contributed by atoms with E-state index in [9.17, 15) is 0 Å². The summed E-state index contributed by atoms with van der Waals surface area (Å²) >= 11 is 0. The average molecular weight is 210 g/mol. The maximum Gasteiger partial charge on any atom is 0.0433 e. The predicted octanol–water partition coefficient (Wildman–Crippen LogP) is 4.09. The number of unbranched alkanes of at least 4 members (excludes halogenated alkanes) is 1. The highest BCUT2D eigenvalue weighted by atomic mass is 16.3. The molecule has 0 aliphatic heterocycles. The summed E-state index contributed by atoms with van der Waals surface area (Å²) in [6, 6.07) is 0. The van der Waals surface area contributed by atoms with Gasteiger partial charge in [0.2, 0.25) is 0 Å². The largest absolute Gasteiger partial charge is 0.396 e. The Hall–Kier alpha value is -0.560. The minimum atomic E-state index is 0.323. The number of aliphatic hydroxyl groups is 1. The fourth-order valence-electron chi connectivity index (χ4n) is 1.61. The lowest BCUT2D eigenvalue weighted by Gasteiger charge is -2.07. The van der Waals surface area contributed by atoms with E-state index >= 15 is 0 Å². The van der Waals surface area contributed by atoms with E-state index in [2.05, 4.69) is 26.5 Å². The zero-order chi connectivity index (χ0) is 11.5. The van der Waals surface area contributed by atoms with Crippen LogP contribution in [-0.4, -0.2) is 11.7 Å². The van der Waals surface area contributed by atoms with Crippen LogP contribution in [0.3, 0.4) is 0 Å². The molecule has 0 aliphatic rings. The molecule has 0 aromatic heterocycles. The standard InChI is InChI=1S/C14H26O/c1-4-5-6-8-13(2)9-7-10-14(3)11-12-15/h4,9,14-15H,1,5-8,10-12H2,2-3H3/b13-9+. The zero-order valence-electron chi connectivity index (χ0n) is 10.3. The van der Waals surface area contributed by atoms with Gasteiger partial charge in [-0.25, -0.2) is 0 Å². The molecule has 0 spiro atoms. The summed E-state index contributed by atoms with van der Waals surface area (Å²) in [5.41, 5.74) is 1.49. The Morgan fingerprint density at radius 1 is 1.33 bits per heavy atom. The van der Waals surface area contributed by atoms with Crippen LogP contribution in [0, 0.1) is 5.92 Å². The van der Waals surface area contributed by atoms with Gasteiger partial charge in [0.25, 0.3) is 0 Å². The SMILES string of the molecule is C=CCCC/C(C)=C/CCC(C)CCO. The third-order valence-corrected chi connectivity index (χ3v) is 2.75. The molecule has 1 N–H and O–H groups in total. The number of allylic oxidation sites excluding steroid dienone is 3. The maximum atomic E-state index is 8.76. The summed E-state index contributed by atoms with van der Waals surface area (Å²) in [7, 11) is 0. The molecule has 0 saturated heterocycles. The molecule has 0 fully saturated rings. The molecular formula is C14H26O. The molecular weight excluding hydrogens is 184 g/mol. The summed E-state index contributed by atoms with van der Waals surface area (Å²) in [4.78, 5) is 0.